The average Bonchev–Trinajstić information content (AvgIpc) is 2.76. The second kappa shape index (κ2) is 4.80. The van der Waals surface area contributed by atoms with Crippen LogP contribution >= 0.6 is 0 Å². The van der Waals surface area contributed by atoms with Gasteiger partial charge in [0.15, 0.2) is 0 Å². The number of ether oxygens (including phenoxy) is 1. The standard InChI is InChI=1S/C12H17NO3/c1-9-3-2-4-12(15)13(9)7-11(14)10-5-6-16-8-10/h2-4,10-11,14H,5-8H2,1H3. The lowest BCUT2D eigenvalue weighted by atomic mass is 10.0. The molecule has 1 saturated heterocycles. The summed E-state index contributed by atoms with van der Waals surface area (Å²) in [6.07, 6.45) is 0.378. The predicted molar refractivity (Wildman–Crippen MR) is 60.4 cm³/mol. The van der Waals surface area contributed by atoms with Crippen LogP contribution in [0.2, 0.25) is 0 Å². The van der Waals surface area contributed by atoms with E-state index >= 15 is 0 Å². The van der Waals surface area contributed by atoms with E-state index in [0.717, 1.165) is 12.1 Å². The molecule has 0 aliphatic carbocycles. The van der Waals surface area contributed by atoms with Crippen LogP contribution in [0.25, 0.3) is 0 Å². The van der Waals surface area contributed by atoms with Gasteiger partial charge in [-0.05, 0) is 19.4 Å². The van der Waals surface area contributed by atoms with Gasteiger partial charge in [-0.3, -0.25) is 4.79 Å². The summed E-state index contributed by atoms with van der Waals surface area (Å²) in [6.45, 7) is 3.55. The maximum absolute atomic E-state index is 11.6. The number of rotatable bonds is 3. The number of aliphatic hydroxyl groups excluding tert-OH is 1. The maximum Gasteiger partial charge on any atom is 0.250 e. The third-order valence-electron chi connectivity index (χ3n) is 3.15. The van der Waals surface area contributed by atoms with Crippen LogP contribution in [0.3, 0.4) is 0 Å². The predicted octanol–water partition coefficient (Wildman–Crippen LogP) is 0.554. The van der Waals surface area contributed by atoms with Gasteiger partial charge in [0.2, 0.25) is 0 Å². The largest absolute Gasteiger partial charge is 0.391 e. The van der Waals surface area contributed by atoms with E-state index in [1.54, 1.807) is 10.6 Å². The highest BCUT2D eigenvalue weighted by Crippen LogP contribution is 2.17. The molecule has 0 saturated carbocycles. The lowest BCUT2D eigenvalue weighted by Crippen LogP contribution is -2.32. The molecular formula is C12H17NO3. The van der Waals surface area contributed by atoms with E-state index in [9.17, 15) is 9.90 Å². The number of nitrogens with zero attached hydrogens (tertiary/aromatic N) is 1. The zero-order chi connectivity index (χ0) is 11.5. The molecule has 1 fully saturated rings. The van der Waals surface area contributed by atoms with Gasteiger partial charge in [0.05, 0.1) is 19.3 Å². The van der Waals surface area contributed by atoms with E-state index in [4.69, 9.17) is 4.74 Å². The molecule has 1 aliphatic heterocycles. The van der Waals surface area contributed by atoms with Gasteiger partial charge < -0.3 is 14.4 Å². The molecule has 4 nitrogen and oxygen atoms in total. The molecule has 0 radical (unpaired) electrons. The number of hydrogen-bond donors (Lipinski definition) is 1. The fourth-order valence-electron chi connectivity index (χ4n) is 2.05. The van der Waals surface area contributed by atoms with Crippen LogP contribution in [-0.4, -0.2) is 29.0 Å². The molecule has 2 unspecified atom stereocenters. The lowest BCUT2D eigenvalue weighted by molar-refractivity contribution is 0.0764. The summed E-state index contributed by atoms with van der Waals surface area (Å²) in [5, 5.41) is 10.0. The van der Waals surface area contributed by atoms with Crippen molar-refractivity contribution in [2.75, 3.05) is 13.2 Å². The van der Waals surface area contributed by atoms with Crippen molar-refractivity contribution in [1.82, 2.24) is 4.57 Å². The zero-order valence-electron chi connectivity index (χ0n) is 9.43. The molecule has 1 aliphatic rings. The molecule has 2 atom stereocenters. The van der Waals surface area contributed by atoms with Gasteiger partial charge in [-0.15, -0.1) is 0 Å². The van der Waals surface area contributed by atoms with Crippen LogP contribution in [0.5, 0.6) is 0 Å². The number of aryl methyl sites for hydroxylation is 1. The number of aromatic nitrogens is 1. The number of pyridine rings is 1. The Balaban J connectivity index is 2.11. The summed E-state index contributed by atoms with van der Waals surface area (Å²) in [5.74, 6) is 0.159. The zero-order valence-corrected chi connectivity index (χ0v) is 9.43. The quantitative estimate of drug-likeness (QED) is 0.814. The molecule has 1 aromatic heterocycles. The molecule has 1 aromatic rings. The van der Waals surface area contributed by atoms with Gasteiger partial charge in [0.1, 0.15) is 0 Å². The van der Waals surface area contributed by atoms with Crippen LogP contribution in [0.4, 0.5) is 0 Å². The maximum atomic E-state index is 11.6. The summed E-state index contributed by atoms with van der Waals surface area (Å²) in [4.78, 5) is 11.6. The van der Waals surface area contributed by atoms with E-state index in [-0.39, 0.29) is 11.5 Å². The van der Waals surface area contributed by atoms with Gasteiger partial charge in [-0.25, -0.2) is 0 Å². The fraction of sp³-hybridized carbons (Fsp3) is 0.583. The van der Waals surface area contributed by atoms with Crippen molar-refractivity contribution < 1.29 is 9.84 Å². The van der Waals surface area contributed by atoms with Crippen molar-refractivity contribution in [3.05, 3.63) is 34.2 Å². The van der Waals surface area contributed by atoms with Crippen LogP contribution in [0.1, 0.15) is 12.1 Å². The Labute approximate surface area is 94.5 Å². The molecule has 16 heavy (non-hydrogen) atoms. The highest BCUT2D eigenvalue weighted by Gasteiger charge is 2.24. The normalized spacial score (nSPS) is 22.2. The van der Waals surface area contributed by atoms with Gasteiger partial charge >= 0.3 is 0 Å². The first-order valence-electron chi connectivity index (χ1n) is 5.61. The van der Waals surface area contributed by atoms with Gasteiger partial charge in [-0.2, -0.15) is 0 Å². The van der Waals surface area contributed by atoms with E-state index in [0.29, 0.717) is 19.8 Å². The van der Waals surface area contributed by atoms with Crippen LogP contribution in [0, 0.1) is 12.8 Å². The highest BCUT2D eigenvalue weighted by molar-refractivity contribution is 5.04. The van der Waals surface area contributed by atoms with E-state index < -0.39 is 6.10 Å². The summed E-state index contributed by atoms with van der Waals surface area (Å²) in [6, 6.07) is 5.13. The van der Waals surface area contributed by atoms with Gasteiger partial charge in [0, 0.05) is 24.3 Å². The molecule has 0 bridgehead atoms. The molecule has 88 valence electrons. The minimum absolute atomic E-state index is 0.0574. The van der Waals surface area contributed by atoms with Crippen molar-refractivity contribution in [3.63, 3.8) is 0 Å². The van der Waals surface area contributed by atoms with E-state index in [1.165, 1.54) is 6.07 Å². The van der Waals surface area contributed by atoms with Gasteiger partial charge in [-0.1, -0.05) is 6.07 Å². The molecule has 0 amide bonds. The second-order valence-corrected chi connectivity index (χ2v) is 4.31. The van der Waals surface area contributed by atoms with Crippen molar-refractivity contribution in [3.8, 4) is 0 Å². The van der Waals surface area contributed by atoms with Crippen LogP contribution in [-0.2, 0) is 11.3 Å². The summed E-state index contributed by atoms with van der Waals surface area (Å²) in [5.41, 5.74) is 0.823. The minimum Gasteiger partial charge on any atom is -0.391 e. The third kappa shape index (κ3) is 2.33. The first-order chi connectivity index (χ1) is 7.68. The van der Waals surface area contributed by atoms with Gasteiger partial charge in [0.25, 0.3) is 5.56 Å². The molecule has 0 aromatic carbocycles. The Morgan fingerprint density at radius 3 is 3.06 bits per heavy atom. The molecule has 2 heterocycles. The summed E-state index contributed by atoms with van der Waals surface area (Å²) in [7, 11) is 0. The molecular weight excluding hydrogens is 206 g/mol. The summed E-state index contributed by atoms with van der Waals surface area (Å²) >= 11 is 0. The van der Waals surface area contributed by atoms with Crippen molar-refractivity contribution in [1.29, 1.82) is 0 Å². The van der Waals surface area contributed by atoms with Crippen LogP contribution in [0.15, 0.2) is 23.0 Å². The minimum atomic E-state index is -0.499. The Kier molecular flexibility index (Phi) is 3.41. The monoisotopic (exact) mass is 223 g/mol. The third-order valence-corrected chi connectivity index (χ3v) is 3.15. The summed E-state index contributed by atoms with van der Waals surface area (Å²) < 4.78 is 6.84. The molecule has 0 spiro atoms. The van der Waals surface area contributed by atoms with Crippen molar-refractivity contribution in [2.24, 2.45) is 5.92 Å². The SMILES string of the molecule is Cc1cccc(=O)n1CC(O)C1CCOC1. The second-order valence-electron chi connectivity index (χ2n) is 4.31. The highest BCUT2D eigenvalue weighted by atomic mass is 16.5. The molecule has 2 rings (SSSR count). The first-order valence-corrected chi connectivity index (χ1v) is 5.61. The molecule has 4 heteroatoms. The fourth-order valence-corrected chi connectivity index (χ4v) is 2.05. The number of hydrogen-bond acceptors (Lipinski definition) is 3. The lowest BCUT2D eigenvalue weighted by Gasteiger charge is -2.18. The van der Waals surface area contributed by atoms with Crippen LogP contribution < -0.4 is 5.56 Å². The van der Waals surface area contributed by atoms with E-state index in [1.807, 2.05) is 13.0 Å². The van der Waals surface area contributed by atoms with Crippen molar-refractivity contribution in [2.45, 2.75) is 26.0 Å². The van der Waals surface area contributed by atoms with Crippen molar-refractivity contribution >= 4 is 0 Å². The Morgan fingerprint density at radius 2 is 2.44 bits per heavy atom. The van der Waals surface area contributed by atoms with E-state index in [2.05, 4.69) is 0 Å². The Morgan fingerprint density at radius 1 is 1.62 bits per heavy atom. The Hall–Kier alpha value is -1.13. The first kappa shape index (κ1) is 11.4. The Bertz CT molecular complexity index is 407. The average molecular weight is 223 g/mol. The topological polar surface area (TPSA) is 51.5 Å². The molecule has 1 N–H and O–H groups in total. The number of aliphatic hydroxyl groups is 1. The smallest absolute Gasteiger partial charge is 0.250 e.